The normalized spacial score (nSPS) is 15.5. The maximum absolute atomic E-state index is 2.38. The van der Waals surface area contributed by atoms with Crippen LogP contribution in [0.3, 0.4) is 0 Å². The van der Waals surface area contributed by atoms with Gasteiger partial charge in [-0.2, -0.15) is 0 Å². The first-order valence-electron chi connectivity index (χ1n) is 15.2. The molecular formula is C36H84. The van der Waals surface area contributed by atoms with E-state index in [1.807, 2.05) is 0 Å². The summed E-state index contributed by atoms with van der Waals surface area (Å²) in [5, 5.41) is 0. The molecule has 0 aliphatic heterocycles. The molecule has 0 aromatic carbocycles. The molecule has 0 nitrogen and oxygen atoms in total. The van der Waals surface area contributed by atoms with Gasteiger partial charge < -0.3 is 0 Å². The van der Waals surface area contributed by atoms with Gasteiger partial charge in [0, 0.05) is 0 Å². The molecule has 0 spiro atoms. The highest BCUT2D eigenvalue weighted by Crippen LogP contribution is 2.22. The van der Waals surface area contributed by atoms with Gasteiger partial charge in [0.05, 0.1) is 0 Å². The molecule has 0 heteroatoms. The third-order valence-corrected chi connectivity index (χ3v) is 7.13. The van der Waals surface area contributed by atoms with Gasteiger partial charge in [0.15, 0.2) is 0 Å². The van der Waals surface area contributed by atoms with Crippen LogP contribution >= 0.6 is 0 Å². The van der Waals surface area contributed by atoms with Crippen molar-refractivity contribution in [3.63, 3.8) is 0 Å². The monoisotopic (exact) mass is 517 g/mol. The minimum Gasteiger partial charge on any atom is -0.0776 e. The fraction of sp³-hybridized carbons (Fsp3) is 1.00. The molecule has 6 unspecified atom stereocenters. The first kappa shape index (κ1) is 49.0. The molecule has 228 valence electrons. The standard InChI is InChI=1S/3C11H24.3CH4/c3*1-6-10(4)8-11(5)7-9(2)3;;;/h3*9-11H,6-8H2,1-5H3;3*1H4. The van der Waals surface area contributed by atoms with Crippen molar-refractivity contribution >= 4 is 0 Å². The van der Waals surface area contributed by atoms with Crippen molar-refractivity contribution in [2.75, 3.05) is 0 Å². The summed E-state index contributed by atoms with van der Waals surface area (Å²) >= 11 is 0. The molecule has 0 rings (SSSR count). The van der Waals surface area contributed by atoms with E-state index in [9.17, 15) is 0 Å². The predicted octanol–water partition coefficient (Wildman–Crippen LogP) is 14.2. The third-order valence-electron chi connectivity index (χ3n) is 7.13. The van der Waals surface area contributed by atoms with Crippen molar-refractivity contribution in [3.05, 3.63) is 0 Å². The van der Waals surface area contributed by atoms with E-state index < -0.39 is 0 Å². The maximum Gasteiger partial charge on any atom is -0.0438 e. The Balaban J connectivity index is -0.0000000900. The highest BCUT2D eigenvalue weighted by atomic mass is 14.2. The van der Waals surface area contributed by atoms with Crippen LogP contribution in [0.4, 0.5) is 0 Å². The van der Waals surface area contributed by atoms with Crippen LogP contribution in [0.2, 0.25) is 0 Å². The predicted molar refractivity (Wildman–Crippen MR) is 178 cm³/mol. The van der Waals surface area contributed by atoms with E-state index >= 15 is 0 Å². The van der Waals surface area contributed by atoms with Gasteiger partial charge in [-0.1, -0.05) is 145 Å². The lowest BCUT2D eigenvalue weighted by Gasteiger charge is -2.17. The summed E-state index contributed by atoms with van der Waals surface area (Å²) < 4.78 is 0. The molecule has 36 heavy (non-hydrogen) atoms. The Kier molecular flexibility index (Phi) is 42.5. The van der Waals surface area contributed by atoms with E-state index in [0.717, 1.165) is 53.3 Å². The molecule has 0 aliphatic rings. The molecule has 0 saturated heterocycles. The minimum atomic E-state index is 0. The Morgan fingerprint density at radius 3 is 0.556 bits per heavy atom. The van der Waals surface area contributed by atoms with Crippen LogP contribution in [0.1, 0.15) is 184 Å². The second-order valence-electron chi connectivity index (χ2n) is 13.5. The van der Waals surface area contributed by atoms with E-state index in [1.54, 1.807) is 0 Å². The van der Waals surface area contributed by atoms with E-state index in [2.05, 4.69) is 104 Å². The van der Waals surface area contributed by atoms with Crippen molar-refractivity contribution in [2.24, 2.45) is 53.3 Å². The molecule has 0 N–H and O–H groups in total. The topological polar surface area (TPSA) is 0 Å². The summed E-state index contributed by atoms with van der Waals surface area (Å²) in [5.74, 6) is 8.13. The van der Waals surface area contributed by atoms with Crippen molar-refractivity contribution in [1.29, 1.82) is 0 Å². The van der Waals surface area contributed by atoms with Crippen molar-refractivity contribution in [3.8, 4) is 0 Å². The molecule has 0 fully saturated rings. The van der Waals surface area contributed by atoms with Gasteiger partial charge in [-0.25, -0.2) is 0 Å². The Labute approximate surface area is 237 Å². The highest BCUT2D eigenvalue weighted by molar-refractivity contribution is 4.61. The summed E-state index contributed by atoms with van der Waals surface area (Å²) in [6, 6.07) is 0. The Morgan fingerprint density at radius 2 is 0.444 bits per heavy atom. The Morgan fingerprint density at radius 1 is 0.278 bits per heavy atom. The first-order chi connectivity index (χ1) is 15.2. The average molecular weight is 517 g/mol. The van der Waals surface area contributed by atoms with Crippen molar-refractivity contribution < 1.29 is 0 Å². The Hall–Kier alpha value is 0. The largest absolute Gasteiger partial charge is 0.0776 e. The van der Waals surface area contributed by atoms with E-state index in [4.69, 9.17) is 0 Å². The van der Waals surface area contributed by atoms with Gasteiger partial charge in [0.1, 0.15) is 0 Å². The van der Waals surface area contributed by atoms with Gasteiger partial charge in [0.25, 0.3) is 0 Å². The maximum atomic E-state index is 2.38. The van der Waals surface area contributed by atoms with Crippen molar-refractivity contribution in [2.45, 2.75) is 184 Å². The zero-order chi connectivity index (χ0) is 26.6. The summed E-state index contributed by atoms with van der Waals surface area (Å²) in [6.45, 7) is 34.9. The number of hydrogen-bond acceptors (Lipinski definition) is 0. The molecule has 0 heterocycles. The fourth-order valence-corrected chi connectivity index (χ4v) is 5.26. The molecular weight excluding hydrogens is 432 g/mol. The Bertz CT molecular complexity index is 309. The van der Waals surface area contributed by atoms with Gasteiger partial charge in [0.2, 0.25) is 0 Å². The second kappa shape index (κ2) is 31.2. The van der Waals surface area contributed by atoms with Crippen molar-refractivity contribution in [1.82, 2.24) is 0 Å². The molecule has 0 radical (unpaired) electrons. The quantitative estimate of drug-likeness (QED) is 0.203. The van der Waals surface area contributed by atoms with E-state index in [-0.39, 0.29) is 22.3 Å². The molecule has 6 atom stereocenters. The zero-order valence-corrected chi connectivity index (χ0v) is 26.6. The second-order valence-corrected chi connectivity index (χ2v) is 13.5. The molecule has 0 aliphatic carbocycles. The fourth-order valence-electron chi connectivity index (χ4n) is 5.26. The molecule has 0 saturated carbocycles. The lowest BCUT2D eigenvalue weighted by atomic mass is 9.89. The lowest BCUT2D eigenvalue weighted by Crippen LogP contribution is -2.05. The van der Waals surface area contributed by atoms with Gasteiger partial charge in [-0.3, -0.25) is 0 Å². The minimum absolute atomic E-state index is 0. The summed E-state index contributed by atoms with van der Waals surface area (Å²) in [7, 11) is 0. The molecule has 0 aromatic heterocycles. The van der Waals surface area contributed by atoms with Crippen LogP contribution < -0.4 is 0 Å². The average Bonchev–Trinajstić information content (AvgIpc) is 2.66. The number of hydrogen-bond donors (Lipinski definition) is 0. The zero-order valence-electron chi connectivity index (χ0n) is 26.6. The summed E-state index contributed by atoms with van der Waals surface area (Å²) in [6.07, 6.45) is 12.4. The molecule has 0 aromatic rings. The molecule has 0 amide bonds. The van der Waals surface area contributed by atoms with E-state index in [1.165, 1.54) is 57.8 Å². The smallest absolute Gasteiger partial charge is 0.0438 e. The highest BCUT2D eigenvalue weighted by Gasteiger charge is 2.10. The lowest BCUT2D eigenvalue weighted by molar-refractivity contribution is 0.349. The van der Waals surface area contributed by atoms with Crippen LogP contribution in [0.5, 0.6) is 0 Å². The van der Waals surface area contributed by atoms with Crippen LogP contribution in [0, 0.1) is 53.3 Å². The van der Waals surface area contributed by atoms with Gasteiger partial charge >= 0.3 is 0 Å². The van der Waals surface area contributed by atoms with Crippen LogP contribution in [-0.4, -0.2) is 0 Å². The van der Waals surface area contributed by atoms with Crippen LogP contribution in [-0.2, 0) is 0 Å². The molecule has 0 bridgehead atoms. The third kappa shape index (κ3) is 41.1. The van der Waals surface area contributed by atoms with Crippen LogP contribution in [0.25, 0.3) is 0 Å². The van der Waals surface area contributed by atoms with Crippen LogP contribution in [0.15, 0.2) is 0 Å². The number of rotatable bonds is 15. The first-order valence-corrected chi connectivity index (χ1v) is 15.2. The summed E-state index contributed by atoms with van der Waals surface area (Å²) in [4.78, 5) is 0. The SMILES string of the molecule is C.C.C.CCC(C)CC(C)CC(C)C.CCC(C)CC(C)CC(C)C.CCC(C)CC(C)CC(C)C. The summed E-state index contributed by atoms with van der Waals surface area (Å²) in [5.41, 5.74) is 0. The van der Waals surface area contributed by atoms with Gasteiger partial charge in [-0.05, 0) is 91.8 Å². The van der Waals surface area contributed by atoms with E-state index in [0.29, 0.717) is 0 Å². The van der Waals surface area contributed by atoms with Gasteiger partial charge in [-0.15, -0.1) is 0 Å².